The monoisotopic (exact) mass is 469 g/mol. The number of urea groups is 1. The number of carbonyl (C=O) groups excluding carboxylic acids is 3. The van der Waals surface area contributed by atoms with Gasteiger partial charge < -0.3 is 24.8 Å². The smallest absolute Gasteiger partial charge is 0.325 e. The zero-order chi connectivity index (χ0) is 24.9. The first-order chi connectivity index (χ1) is 16.2. The van der Waals surface area contributed by atoms with E-state index in [0.29, 0.717) is 36.0 Å². The fraction of sp³-hybridized carbons (Fsp3) is 0.400. The van der Waals surface area contributed by atoms with E-state index in [1.807, 2.05) is 32.9 Å². The van der Waals surface area contributed by atoms with Crippen LogP contribution >= 0.6 is 0 Å². The standard InChI is InChI=1S/C25H31N3O6/c1-6-33-20-13-8-17(14-21(20)34-7-2)16(3)26-22(29)15-28-23(30)25(4,27-24(28)31)18-9-11-19(32-5)12-10-18/h8-14,16H,6-7,15H2,1-5H3,(H,26,29)(H,27,31)/t16-,25+/m0/s1. The number of carbonyl (C=O) groups is 3. The molecule has 0 unspecified atom stereocenters. The second-order valence-corrected chi connectivity index (χ2v) is 8.04. The van der Waals surface area contributed by atoms with Gasteiger partial charge in [0.25, 0.3) is 5.91 Å². The van der Waals surface area contributed by atoms with Crippen molar-refractivity contribution >= 4 is 17.8 Å². The fourth-order valence-electron chi connectivity index (χ4n) is 3.81. The van der Waals surface area contributed by atoms with Crippen molar-refractivity contribution in [1.82, 2.24) is 15.5 Å². The Morgan fingerprint density at radius 2 is 1.71 bits per heavy atom. The number of hydrogen-bond acceptors (Lipinski definition) is 6. The molecule has 1 heterocycles. The van der Waals surface area contributed by atoms with E-state index in [1.54, 1.807) is 44.4 Å². The second-order valence-electron chi connectivity index (χ2n) is 8.04. The van der Waals surface area contributed by atoms with Gasteiger partial charge in [-0.15, -0.1) is 0 Å². The van der Waals surface area contributed by atoms with Gasteiger partial charge in [0, 0.05) is 0 Å². The number of benzene rings is 2. The van der Waals surface area contributed by atoms with Crippen LogP contribution in [0.1, 0.15) is 44.9 Å². The number of nitrogens with zero attached hydrogens (tertiary/aromatic N) is 1. The average molecular weight is 470 g/mol. The zero-order valence-electron chi connectivity index (χ0n) is 20.1. The second kappa shape index (κ2) is 10.5. The molecule has 1 aliphatic heterocycles. The number of hydrogen-bond donors (Lipinski definition) is 2. The highest BCUT2D eigenvalue weighted by Gasteiger charge is 2.49. The molecule has 1 aliphatic rings. The summed E-state index contributed by atoms with van der Waals surface area (Å²) in [6, 6.07) is 11.3. The topological polar surface area (TPSA) is 106 Å². The molecule has 0 aromatic heterocycles. The Hall–Kier alpha value is -3.75. The summed E-state index contributed by atoms with van der Waals surface area (Å²) in [5, 5.41) is 5.54. The van der Waals surface area contributed by atoms with Crippen molar-refractivity contribution in [3.8, 4) is 17.2 Å². The van der Waals surface area contributed by atoms with Crippen molar-refractivity contribution in [2.75, 3.05) is 26.9 Å². The number of methoxy groups -OCH3 is 1. The maximum Gasteiger partial charge on any atom is 0.325 e. The molecule has 2 aromatic rings. The minimum atomic E-state index is -1.27. The van der Waals surface area contributed by atoms with Crippen LogP contribution in [0.5, 0.6) is 17.2 Å². The summed E-state index contributed by atoms with van der Waals surface area (Å²) >= 11 is 0. The fourth-order valence-corrected chi connectivity index (χ4v) is 3.81. The quantitative estimate of drug-likeness (QED) is 0.518. The van der Waals surface area contributed by atoms with Gasteiger partial charge in [-0.3, -0.25) is 14.5 Å². The number of amides is 4. The number of ether oxygens (including phenoxy) is 3. The lowest BCUT2D eigenvalue weighted by atomic mass is 9.92. The first-order valence-electron chi connectivity index (χ1n) is 11.2. The van der Waals surface area contributed by atoms with E-state index in [2.05, 4.69) is 10.6 Å². The molecule has 0 bridgehead atoms. The number of rotatable bonds is 10. The van der Waals surface area contributed by atoms with Crippen molar-refractivity contribution in [2.24, 2.45) is 0 Å². The zero-order valence-corrected chi connectivity index (χ0v) is 20.1. The van der Waals surface area contributed by atoms with Gasteiger partial charge >= 0.3 is 6.03 Å². The molecule has 9 nitrogen and oxygen atoms in total. The van der Waals surface area contributed by atoms with Crippen LogP contribution in [0.15, 0.2) is 42.5 Å². The molecule has 2 N–H and O–H groups in total. The Labute approximate surface area is 199 Å². The molecule has 0 radical (unpaired) electrons. The maximum absolute atomic E-state index is 13.1. The minimum Gasteiger partial charge on any atom is -0.497 e. The Balaban J connectivity index is 1.69. The van der Waals surface area contributed by atoms with E-state index in [0.717, 1.165) is 10.5 Å². The van der Waals surface area contributed by atoms with Crippen molar-refractivity contribution in [3.63, 3.8) is 0 Å². The highest BCUT2D eigenvalue weighted by molar-refractivity contribution is 6.09. The molecule has 0 spiro atoms. The molecule has 9 heteroatoms. The van der Waals surface area contributed by atoms with Crippen molar-refractivity contribution < 1.29 is 28.6 Å². The molecule has 3 rings (SSSR count). The van der Waals surface area contributed by atoms with Crippen LogP contribution < -0.4 is 24.8 Å². The van der Waals surface area contributed by atoms with Gasteiger partial charge in [0.1, 0.15) is 17.8 Å². The van der Waals surface area contributed by atoms with Crippen LogP contribution in [0.25, 0.3) is 0 Å². The highest BCUT2D eigenvalue weighted by atomic mass is 16.5. The SMILES string of the molecule is CCOc1ccc([C@H](C)NC(=O)CN2C(=O)N[C@](C)(c3ccc(OC)cc3)C2=O)cc1OCC. The summed E-state index contributed by atoms with van der Waals surface area (Å²) in [7, 11) is 1.55. The lowest BCUT2D eigenvalue weighted by molar-refractivity contribution is -0.135. The van der Waals surface area contributed by atoms with Crippen LogP contribution in [0.3, 0.4) is 0 Å². The normalized spacial score (nSPS) is 18.3. The predicted molar refractivity (Wildman–Crippen MR) is 126 cm³/mol. The summed E-state index contributed by atoms with van der Waals surface area (Å²) in [5.41, 5.74) is 0.137. The van der Waals surface area contributed by atoms with Gasteiger partial charge in [-0.1, -0.05) is 18.2 Å². The molecule has 4 amide bonds. The Morgan fingerprint density at radius 3 is 2.32 bits per heavy atom. The Morgan fingerprint density at radius 1 is 1.06 bits per heavy atom. The largest absolute Gasteiger partial charge is 0.497 e. The molecule has 0 saturated carbocycles. The Bertz CT molecular complexity index is 1060. The molecule has 1 fully saturated rings. The van der Waals surface area contributed by atoms with E-state index in [9.17, 15) is 14.4 Å². The van der Waals surface area contributed by atoms with Crippen LogP contribution in [-0.2, 0) is 15.1 Å². The van der Waals surface area contributed by atoms with Gasteiger partial charge in [0.2, 0.25) is 5.91 Å². The predicted octanol–water partition coefficient (Wildman–Crippen LogP) is 3.14. The van der Waals surface area contributed by atoms with E-state index in [1.165, 1.54) is 0 Å². The number of imide groups is 1. The van der Waals surface area contributed by atoms with Gasteiger partial charge in [-0.2, -0.15) is 0 Å². The molecule has 2 aromatic carbocycles. The van der Waals surface area contributed by atoms with Gasteiger partial charge in [-0.25, -0.2) is 4.79 Å². The van der Waals surface area contributed by atoms with Crippen molar-refractivity contribution in [1.29, 1.82) is 0 Å². The van der Waals surface area contributed by atoms with E-state index in [-0.39, 0.29) is 6.04 Å². The molecule has 2 atom stereocenters. The summed E-state index contributed by atoms with van der Waals surface area (Å²) in [4.78, 5) is 39.3. The molecular formula is C25H31N3O6. The minimum absolute atomic E-state index is 0.379. The number of nitrogens with one attached hydrogen (secondary N) is 2. The molecule has 1 saturated heterocycles. The van der Waals surface area contributed by atoms with E-state index in [4.69, 9.17) is 14.2 Å². The van der Waals surface area contributed by atoms with Crippen LogP contribution in [0.2, 0.25) is 0 Å². The van der Waals surface area contributed by atoms with Gasteiger partial charge in [0.15, 0.2) is 11.5 Å². The third kappa shape index (κ3) is 5.08. The van der Waals surface area contributed by atoms with Crippen LogP contribution in [0.4, 0.5) is 4.79 Å². The van der Waals surface area contributed by atoms with Crippen LogP contribution in [0, 0.1) is 0 Å². The lowest BCUT2D eigenvalue weighted by Crippen LogP contribution is -2.43. The van der Waals surface area contributed by atoms with Gasteiger partial charge in [0.05, 0.1) is 26.4 Å². The molecule has 34 heavy (non-hydrogen) atoms. The van der Waals surface area contributed by atoms with E-state index >= 15 is 0 Å². The van der Waals surface area contributed by atoms with Crippen molar-refractivity contribution in [3.05, 3.63) is 53.6 Å². The summed E-state index contributed by atoms with van der Waals surface area (Å²) in [6.45, 7) is 7.79. The summed E-state index contributed by atoms with van der Waals surface area (Å²) in [6.07, 6.45) is 0. The molecule has 182 valence electrons. The first-order valence-corrected chi connectivity index (χ1v) is 11.2. The average Bonchev–Trinajstić information content (AvgIpc) is 3.04. The highest BCUT2D eigenvalue weighted by Crippen LogP contribution is 2.32. The maximum atomic E-state index is 13.1. The Kier molecular flexibility index (Phi) is 7.65. The third-order valence-corrected chi connectivity index (χ3v) is 5.69. The van der Waals surface area contributed by atoms with Crippen molar-refractivity contribution in [2.45, 2.75) is 39.3 Å². The van der Waals surface area contributed by atoms with Crippen LogP contribution in [-0.4, -0.2) is 49.6 Å². The third-order valence-electron chi connectivity index (χ3n) is 5.69. The van der Waals surface area contributed by atoms with E-state index < -0.39 is 29.9 Å². The first kappa shape index (κ1) is 24.9. The molecular weight excluding hydrogens is 438 g/mol. The summed E-state index contributed by atoms with van der Waals surface area (Å²) in [5.74, 6) is 0.902. The lowest BCUT2D eigenvalue weighted by Gasteiger charge is -2.23. The summed E-state index contributed by atoms with van der Waals surface area (Å²) < 4.78 is 16.4. The van der Waals surface area contributed by atoms with Gasteiger partial charge in [-0.05, 0) is 63.1 Å². The molecule has 0 aliphatic carbocycles.